The molecule has 0 aliphatic heterocycles. The lowest BCUT2D eigenvalue weighted by molar-refractivity contribution is 0.0237. The number of fused-ring (bicyclic) bond motifs is 1. The van der Waals surface area contributed by atoms with Gasteiger partial charge >= 0.3 is 0 Å². The number of hydrogen-bond donors (Lipinski definition) is 1. The van der Waals surface area contributed by atoms with Crippen LogP contribution in [0.15, 0.2) is 60.7 Å². The van der Waals surface area contributed by atoms with Gasteiger partial charge < -0.3 is 0 Å². The number of para-hydroxylation sites is 1. The maximum atomic E-state index is 11.9. The highest BCUT2D eigenvalue weighted by Gasteiger charge is 2.07. The Kier molecular flexibility index (Phi) is 4.12. The van der Waals surface area contributed by atoms with Gasteiger partial charge in [0.2, 0.25) is 0 Å². The van der Waals surface area contributed by atoms with Gasteiger partial charge in [-0.25, -0.2) is 5.48 Å². The van der Waals surface area contributed by atoms with Crippen LogP contribution < -0.4 is 5.48 Å². The second kappa shape index (κ2) is 6.37. The van der Waals surface area contributed by atoms with Crippen LogP contribution in [0.4, 0.5) is 0 Å². The molecule has 3 rings (SSSR count). The van der Waals surface area contributed by atoms with Crippen LogP contribution >= 0.6 is 0 Å². The van der Waals surface area contributed by atoms with Gasteiger partial charge in [0.05, 0.1) is 5.52 Å². The molecule has 1 heterocycles. The fourth-order valence-electron chi connectivity index (χ4n) is 2.34. The number of pyridine rings is 1. The fraction of sp³-hybridized carbons (Fsp3) is 0.111. The highest BCUT2D eigenvalue weighted by atomic mass is 16.6. The third-order valence-electron chi connectivity index (χ3n) is 3.36. The molecule has 0 aliphatic rings. The van der Waals surface area contributed by atoms with Crippen molar-refractivity contribution in [1.82, 2.24) is 10.5 Å². The molecule has 0 bridgehead atoms. The first-order chi connectivity index (χ1) is 10.7. The summed E-state index contributed by atoms with van der Waals surface area (Å²) < 4.78 is 0. The van der Waals surface area contributed by atoms with E-state index in [1.807, 2.05) is 55.5 Å². The average Bonchev–Trinajstić information content (AvgIpc) is 2.55. The molecular formula is C18H16N2O2. The maximum Gasteiger partial charge on any atom is 0.274 e. The molecule has 0 atom stereocenters. The van der Waals surface area contributed by atoms with Crippen LogP contribution in [0.5, 0.6) is 0 Å². The lowest BCUT2D eigenvalue weighted by atomic mass is 10.1. The Hall–Kier alpha value is -2.72. The Balaban J connectivity index is 1.71. The van der Waals surface area contributed by atoms with Gasteiger partial charge in [-0.2, -0.15) is 0 Å². The van der Waals surface area contributed by atoms with Gasteiger partial charge in [0.1, 0.15) is 6.61 Å². The predicted octanol–water partition coefficient (Wildman–Crippen LogP) is 3.40. The van der Waals surface area contributed by atoms with Crippen molar-refractivity contribution in [3.63, 3.8) is 0 Å². The Morgan fingerprint density at radius 1 is 1.09 bits per heavy atom. The van der Waals surface area contributed by atoms with Crippen molar-refractivity contribution in [3.8, 4) is 0 Å². The molecule has 1 aromatic heterocycles. The summed E-state index contributed by atoms with van der Waals surface area (Å²) in [5.41, 5.74) is 5.89. The van der Waals surface area contributed by atoms with Crippen molar-refractivity contribution < 1.29 is 9.63 Å². The molecule has 2 aromatic carbocycles. The molecule has 0 spiro atoms. The molecule has 0 unspecified atom stereocenters. The minimum Gasteiger partial charge on any atom is -0.269 e. The average molecular weight is 292 g/mol. The van der Waals surface area contributed by atoms with Gasteiger partial charge in [-0.15, -0.1) is 0 Å². The molecule has 0 saturated heterocycles. The number of rotatable bonds is 4. The Labute approximate surface area is 128 Å². The molecule has 0 saturated carbocycles. The number of benzene rings is 2. The molecule has 1 N–H and O–H groups in total. The van der Waals surface area contributed by atoms with E-state index < -0.39 is 0 Å². The molecule has 22 heavy (non-hydrogen) atoms. The standard InChI is InChI=1S/C18H16N2O2/c1-13-11-15(16-9-5-6-10-17(16)19-13)12-22-20-18(21)14-7-3-2-4-8-14/h2-11H,12H2,1H3,(H,20,21). The highest BCUT2D eigenvalue weighted by molar-refractivity contribution is 5.93. The van der Waals surface area contributed by atoms with Gasteiger partial charge in [0.25, 0.3) is 5.91 Å². The van der Waals surface area contributed by atoms with Crippen LogP contribution in [-0.4, -0.2) is 10.9 Å². The van der Waals surface area contributed by atoms with E-state index in [1.165, 1.54) is 0 Å². The smallest absolute Gasteiger partial charge is 0.269 e. The zero-order valence-electron chi connectivity index (χ0n) is 12.2. The molecule has 3 aromatic rings. The highest BCUT2D eigenvalue weighted by Crippen LogP contribution is 2.18. The monoisotopic (exact) mass is 292 g/mol. The topological polar surface area (TPSA) is 51.2 Å². The van der Waals surface area contributed by atoms with Gasteiger partial charge in [-0.3, -0.25) is 14.6 Å². The van der Waals surface area contributed by atoms with E-state index in [9.17, 15) is 4.79 Å². The quantitative estimate of drug-likeness (QED) is 0.750. The number of hydroxylamine groups is 1. The van der Waals surface area contributed by atoms with E-state index in [1.54, 1.807) is 12.1 Å². The van der Waals surface area contributed by atoms with Crippen LogP contribution in [0.1, 0.15) is 21.6 Å². The van der Waals surface area contributed by atoms with Gasteiger partial charge in [0.15, 0.2) is 0 Å². The van der Waals surface area contributed by atoms with Gasteiger partial charge in [-0.05, 0) is 36.8 Å². The number of aromatic nitrogens is 1. The van der Waals surface area contributed by atoms with Crippen LogP contribution in [0.2, 0.25) is 0 Å². The zero-order valence-corrected chi connectivity index (χ0v) is 12.2. The summed E-state index contributed by atoms with van der Waals surface area (Å²) in [5, 5.41) is 1.03. The van der Waals surface area contributed by atoms with Crippen molar-refractivity contribution in [1.29, 1.82) is 0 Å². The molecule has 0 aliphatic carbocycles. The number of nitrogens with one attached hydrogen (secondary N) is 1. The minimum absolute atomic E-state index is 0.254. The molecule has 110 valence electrons. The third-order valence-corrected chi connectivity index (χ3v) is 3.36. The first-order valence-electron chi connectivity index (χ1n) is 7.06. The normalized spacial score (nSPS) is 10.6. The minimum atomic E-state index is -0.254. The largest absolute Gasteiger partial charge is 0.274 e. The number of amides is 1. The first kappa shape index (κ1) is 14.2. The Morgan fingerprint density at radius 3 is 2.64 bits per heavy atom. The number of carbonyl (C=O) groups is 1. The molecular weight excluding hydrogens is 276 g/mol. The summed E-state index contributed by atoms with van der Waals surface area (Å²) in [5.74, 6) is -0.254. The molecule has 1 amide bonds. The van der Waals surface area contributed by atoms with E-state index in [-0.39, 0.29) is 5.91 Å². The van der Waals surface area contributed by atoms with Crippen LogP contribution in [-0.2, 0) is 11.4 Å². The molecule has 0 fully saturated rings. The summed E-state index contributed by atoms with van der Waals surface area (Å²) in [4.78, 5) is 21.8. The molecule has 4 heteroatoms. The Morgan fingerprint density at radius 2 is 1.82 bits per heavy atom. The van der Waals surface area contributed by atoms with Gasteiger partial charge in [-0.1, -0.05) is 36.4 Å². The van der Waals surface area contributed by atoms with Crippen molar-refractivity contribution >= 4 is 16.8 Å². The third kappa shape index (κ3) is 3.13. The summed E-state index contributed by atoms with van der Waals surface area (Å²) >= 11 is 0. The van der Waals surface area contributed by atoms with E-state index in [4.69, 9.17) is 4.84 Å². The number of nitrogens with zero attached hydrogens (tertiary/aromatic N) is 1. The SMILES string of the molecule is Cc1cc(CONC(=O)c2ccccc2)c2ccccc2n1. The van der Waals surface area contributed by atoms with Crippen LogP contribution in [0, 0.1) is 6.92 Å². The van der Waals surface area contributed by atoms with E-state index in [0.717, 1.165) is 22.2 Å². The summed E-state index contributed by atoms with van der Waals surface area (Å²) in [7, 11) is 0. The lowest BCUT2D eigenvalue weighted by Crippen LogP contribution is -2.23. The fourth-order valence-corrected chi connectivity index (χ4v) is 2.34. The first-order valence-corrected chi connectivity index (χ1v) is 7.06. The van der Waals surface area contributed by atoms with Crippen molar-refractivity contribution in [2.75, 3.05) is 0 Å². The predicted molar refractivity (Wildman–Crippen MR) is 85.2 cm³/mol. The zero-order chi connectivity index (χ0) is 15.4. The van der Waals surface area contributed by atoms with Crippen molar-refractivity contribution in [3.05, 3.63) is 77.5 Å². The molecule has 4 nitrogen and oxygen atoms in total. The summed E-state index contributed by atoms with van der Waals surface area (Å²) in [6.07, 6.45) is 0. The molecule has 0 radical (unpaired) electrons. The maximum absolute atomic E-state index is 11.9. The van der Waals surface area contributed by atoms with E-state index in [2.05, 4.69) is 10.5 Å². The van der Waals surface area contributed by atoms with Gasteiger partial charge in [0, 0.05) is 16.6 Å². The van der Waals surface area contributed by atoms with Crippen molar-refractivity contribution in [2.45, 2.75) is 13.5 Å². The Bertz CT molecular complexity index is 801. The number of hydrogen-bond acceptors (Lipinski definition) is 3. The number of carbonyl (C=O) groups excluding carboxylic acids is 1. The summed E-state index contributed by atoms with van der Waals surface area (Å²) in [6, 6.07) is 18.8. The van der Waals surface area contributed by atoms with E-state index in [0.29, 0.717) is 12.2 Å². The second-order valence-corrected chi connectivity index (χ2v) is 5.03. The van der Waals surface area contributed by atoms with Crippen molar-refractivity contribution in [2.24, 2.45) is 0 Å². The summed E-state index contributed by atoms with van der Waals surface area (Å²) in [6.45, 7) is 2.24. The van der Waals surface area contributed by atoms with Crippen LogP contribution in [0.3, 0.4) is 0 Å². The second-order valence-electron chi connectivity index (χ2n) is 5.03. The van der Waals surface area contributed by atoms with Crippen LogP contribution in [0.25, 0.3) is 10.9 Å². The lowest BCUT2D eigenvalue weighted by Gasteiger charge is -2.09. The van der Waals surface area contributed by atoms with E-state index >= 15 is 0 Å². The number of aryl methyl sites for hydroxylation is 1.